The summed E-state index contributed by atoms with van der Waals surface area (Å²) in [6.45, 7) is 0.743. The zero-order valence-corrected chi connectivity index (χ0v) is 12.5. The predicted molar refractivity (Wildman–Crippen MR) is 81.1 cm³/mol. The lowest BCUT2D eigenvalue weighted by Gasteiger charge is -2.21. The van der Waals surface area contributed by atoms with Crippen LogP contribution in [0, 0.1) is 5.92 Å². The third-order valence-electron chi connectivity index (χ3n) is 3.09. The van der Waals surface area contributed by atoms with Crippen molar-refractivity contribution >= 4 is 41.9 Å². The number of hydrogen-bond donors (Lipinski definition) is 2. The van der Waals surface area contributed by atoms with E-state index in [0.717, 1.165) is 11.4 Å². The van der Waals surface area contributed by atoms with Gasteiger partial charge in [-0.1, -0.05) is 11.6 Å². The van der Waals surface area contributed by atoms with E-state index in [1.54, 1.807) is 18.2 Å². The first kappa shape index (κ1) is 14.1. The third-order valence-corrected chi connectivity index (χ3v) is 4.74. The lowest BCUT2D eigenvalue weighted by Crippen LogP contribution is -2.31. The number of amides is 1. The molecule has 1 aliphatic heterocycles. The van der Waals surface area contributed by atoms with Crippen LogP contribution in [0.1, 0.15) is 23.2 Å². The maximum Gasteiger partial charge on any atom is 0.252 e. The highest BCUT2D eigenvalue weighted by Gasteiger charge is 2.16. The minimum absolute atomic E-state index is 0.103. The summed E-state index contributed by atoms with van der Waals surface area (Å²) in [6.07, 6.45) is 2.37. The van der Waals surface area contributed by atoms with Crippen LogP contribution in [0.15, 0.2) is 23.1 Å². The molecule has 0 aliphatic carbocycles. The fourth-order valence-corrected chi connectivity index (χ4v) is 3.58. The Morgan fingerprint density at radius 2 is 2.17 bits per heavy atom. The average Bonchev–Trinajstić information content (AvgIpc) is 2.40. The lowest BCUT2D eigenvalue weighted by molar-refractivity contribution is 0.0946. The van der Waals surface area contributed by atoms with Gasteiger partial charge in [-0.3, -0.25) is 4.79 Å². The van der Waals surface area contributed by atoms with Crippen LogP contribution in [-0.4, -0.2) is 24.0 Å². The molecule has 1 N–H and O–H groups in total. The molecule has 18 heavy (non-hydrogen) atoms. The van der Waals surface area contributed by atoms with Crippen LogP contribution >= 0.6 is 36.0 Å². The fourth-order valence-electron chi connectivity index (χ4n) is 1.97. The Morgan fingerprint density at radius 1 is 1.44 bits per heavy atom. The average molecular weight is 302 g/mol. The molecule has 0 unspecified atom stereocenters. The van der Waals surface area contributed by atoms with Gasteiger partial charge in [0.05, 0.1) is 10.6 Å². The van der Waals surface area contributed by atoms with E-state index in [-0.39, 0.29) is 5.91 Å². The summed E-state index contributed by atoms with van der Waals surface area (Å²) in [5.74, 6) is 2.91. The Balaban J connectivity index is 1.92. The summed E-state index contributed by atoms with van der Waals surface area (Å²) in [5, 5.41) is 3.45. The van der Waals surface area contributed by atoms with Crippen LogP contribution in [0.3, 0.4) is 0 Å². The Kier molecular flexibility index (Phi) is 5.27. The van der Waals surface area contributed by atoms with Crippen LogP contribution in [0.5, 0.6) is 0 Å². The van der Waals surface area contributed by atoms with Crippen molar-refractivity contribution < 1.29 is 4.79 Å². The minimum Gasteiger partial charge on any atom is -0.352 e. The first-order chi connectivity index (χ1) is 8.66. The van der Waals surface area contributed by atoms with Gasteiger partial charge >= 0.3 is 0 Å². The molecule has 0 aromatic heterocycles. The van der Waals surface area contributed by atoms with E-state index in [4.69, 9.17) is 11.6 Å². The number of halogens is 1. The zero-order chi connectivity index (χ0) is 13.0. The van der Waals surface area contributed by atoms with E-state index in [1.165, 1.54) is 24.3 Å². The van der Waals surface area contributed by atoms with Gasteiger partial charge in [0, 0.05) is 11.4 Å². The van der Waals surface area contributed by atoms with Crippen molar-refractivity contribution in [1.29, 1.82) is 0 Å². The van der Waals surface area contributed by atoms with Crippen molar-refractivity contribution in [3.8, 4) is 0 Å². The Bertz CT molecular complexity index is 433. The van der Waals surface area contributed by atoms with Crippen LogP contribution in [-0.2, 0) is 0 Å². The number of benzene rings is 1. The van der Waals surface area contributed by atoms with E-state index < -0.39 is 0 Å². The van der Waals surface area contributed by atoms with Gasteiger partial charge in [-0.2, -0.15) is 11.8 Å². The quantitative estimate of drug-likeness (QED) is 0.837. The van der Waals surface area contributed by atoms with Crippen LogP contribution < -0.4 is 5.32 Å². The van der Waals surface area contributed by atoms with E-state index >= 15 is 0 Å². The molecule has 2 nitrogen and oxygen atoms in total. The number of rotatable bonds is 3. The normalized spacial score (nSPS) is 16.6. The molecule has 1 aromatic rings. The SMILES string of the molecule is O=C(NCC1CCSCC1)c1cc(S)ccc1Cl. The largest absolute Gasteiger partial charge is 0.352 e. The van der Waals surface area contributed by atoms with Crippen LogP contribution in [0.4, 0.5) is 0 Å². The van der Waals surface area contributed by atoms with Gasteiger partial charge in [-0.05, 0) is 48.5 Å². The summed E-state index contributed by atoms with van der Waals surface area (Å²) in [7, 11) is 0. The molecule has 1 saturated heterocycles. The van der Waals surface area contributed by atoms with Gasteiger partial charge in [0.15, 0.2) is 0 Å². The third kappa shape index (κ3) is 3.84. The highest BCUT2D eigenvalue weighted by atomic mass is 35.5. The van der Waals surface area contributed by atoms with E-state index in [1.807, 2.05) is 11.8 Å². The first-order valence-electron chi connectivity index (χ1n) is 6.01. The van der Waals surface area contributed by atoms with Crippen molar-refractivity contribution in [3.05, 3.63) is 28.8 Å². The standard InChI is InChI=1S/C13H16ClNOS2/c14-12-2-1-10(17)7-11(12)13(16)15-8-9-3-5-18-6-4-9/h1-2,7,9,17H,3-6,8H2,(H,15,16). The molecular weight excluding hydrogens is 286 g/mol. The second-order valence-corrected chi connectivity index (χ2v) is 6.58. The molecule has 1 amide bonds. The highest BCUT2D eigenvalue weighted by molar-refractivity contribution is 7.99. The molecule has 98 valence electrons. The Morgan fingerprint density at radius 3 is 2.89 bits per heavy atom. The van der Waals surface area contributed by atoms with Gasteiger partial charge in [0.2, 0.25) is 0 Å². The second kappa shape index (κ2) is 6.73. The molecule has 0 bridgehead atoms. The smallest absolute Gasteiger partial charge is 0.252 e. The van der Waals surface area contributed by atoms with Crippen molar-refractivity contribution in [2.45, 2.75) is 17.7 Å². The Hall–Kier alpha value is -0.320. The van der Waals surface area contributed by atoms with Gasteiger partial charge in [-0.15, -0.1) is 12.6 Å². The summed E-state index contributed by atoms with van der Waals surface area (Å²) in [4.78, 5) is 12.8. The molecule has 0 radical (unpaired) electrons. The molecule has 2 rings (SSSR count). The van der Waals surface area contributed by atoms with E-state index in [9.17, 15) is 4.79 Å². The molecule has 1 heterocycles. The van der Waals surface area contributed by atoms with E-state index in [0.29, 0.717) is 16.5 Å². The first-order valence-corrected chi connectivity index (χ1v) is 7.99. The molecule has 1 fully saturated rings. The minimum atomic E-state index is -0.103. The topological polar surface area (TPSA) is 29.1 Å². The fraction of sp³-hybridized carbons (Fsp3) is 0.462. The van der Waals surface area contributed by atoms with Crippen LogP contribution in [0.25, 0.3) is 0 Å². The van der Waals surface area contributed by atoms with Crippen molar-refractivity contribution in [3.63, 3.8) is 0 Å². The summed E-state index contributed by atoms with van der Waals surface area (Å²) >= 11 is 12.2. The van der Waals surface area contributed by atoms with Crippen molar-refractivity contribution in [1.82, 2.24) is 5.32 Å². The van der Waals surface area contributed by atoms with Gasteiger partial charge in [0.1, 0.15) is 0 Å². The zero-order valence-electron chi connectivity index (χ0n) is 9.99. The number of thiol groups is 1. The molecule has 1 aromatic carbocycles. The van der Waals surface area contributed by atoms with Crippen LogP contribution in [0.2, 0.25) is 5.02 Å². The molecule has 5 heteroatoms. The van der Waals surface area contributed by atoms with Gasteiger partial charge in [0.25, 0.3) is 5.91 Å². The predicted octanol–water partition coefficient (Wildman–Crippen LogP) is 3.50. The summed E-state index contributed by atoms with van der Waals surface area (Å²) in [5.41, 5.74) is 0.509. The molecule has 0 atom stereocenters. The van der Waals surface area contributed by atoms with Gasteiger partial charge in [-0.25, -0.2) is 0 Å². The molecule has 1 aliphatic rings. The maximum atomic E-state index is 12.0. The molecule has 0 saturated carbocycles. The van der Waals surface area contributed by atoms with E-state index in [2.05, 4.69) is 17.9 Å². The summed E-state index contributed by atoms with van der Waals surface area (Å²) < 4.78 is 0. The van der Waals surface area contributed by atoms with Crippen molar-refractivity contribution in [2.75, 3.05) is 18.1 Å². The maximum absolute atomic E-state index is 12.0. The summed E-state index contributed by atoms with van der Waals surface area (Å²) in [6, 6.07) is 5.19. The van der Waals surface area contributed by atoms with Gasteiger partial charge < -0.3 is 5.32 Å². The number of thioether (sulfide) groups is 1. The monoisotopic (exact) mass is 301 g/mol. The number of carbonyl (C=O) groups is 1. The highest BCUT2D eigenvalue weighted by Crippen LogP contribution is 2.23. The molecular formula is C13H16ClNOS2. The lowest BCUT2D eigenvalue weighted by atomic mass is 10.0. The molecule has 0 spiro atoms. The van der Waals surface area contributed by atoms with Crippen molar-refractivity contribution in [2.24, 2.45) is 5.92 Å². The second-order valence-electron chi connectivity index (χ2n) is 4.43. The number of carbonyl (C=O) groups excluding carboxylic acids is 1. The number of nitrogens with one attached hydrogen (secondary N) is 1. The Labute approximate surface area is 122 Å². The number of hydrogen-bond acceptors (Lipinski definition) is 3.